The number of carboxylic acid groups (broad SMARTS) is 1. The smallest absolute Gasteiger partial charge is 0.328 e. The van der Waals surface area contributed by atoms with Gasteiger partial charge in [-0.3, -0.25) is 24.0 Å². The molecule has 30 heavy (non-hydrogen) atoms. The lowest BCUT2D eigenvalue weighted by Gasteiger charge is -2.26. The molecule has 4 atom stereocenters. The van der Waals surface area contributed by atoms with Crippen LogP contribution in [0.4, 0.5) is 0 Å². The normalized spacial score (nSPS) is 14.7. The van der Waals surface area contributed by atoms with Gasteiger partial charge in [0.2, 0.25) is 29.5 Å². The maximum atomic E-state index is 12.6. The quantitative estimate of drug-likeness (QED) is 0.139. The van der Waals surface area contributed by atoms with E-state index in [1.54, 1.807) is 13.8 Å². The first kappa shape index (κ1) is 26.7. The fourth-order valence-corrected chi connectivity index (χ4v) is 2.23. The van der Waals surface area contributed by atoms with E-state index in [-0.39, 0.29) is 0 Å². The van der Waals surface area contributed by atoms with Crippen molar-refractivity contribution in [3.05, 3.63) is 0 Å². The topological polar surface area (TPSA) is 257 Å². The van der Waals surface area contributed by atoms with Crippen LogP contribution < -0.4 is 33.2 Å². The minimum atomic E-state index is -1.67. The molecule has 5 amide bonds. The average molecular weight is 432 g/mol. The molecule has 4 unspecified atom stereocenters. The summed E-state index contributed by atoms with van der Waals surface area (Å²) < 4.78 is 0. The zero-order chi connectivity index (χ0) is 23.6. The molecule has 0 heterocycles. The lowest BCUT2D eigenvalue weighted by Crippen LogP contribution is -2.59. The number of aliphatic carboxylic acids is 1. The number of aliphatic hydroxyl groups is 1. The van der Waals surface area contributed by atoms with Crippen molar-refractivity contribution in [2.24, 2.45) is 23.1 Å². The Balaban J connectivity index is 5.37. The molecule has 0 aromatic carbocycles. The highest BCUT2D eigenvalue weighted by atomic mass is 16.4. The Bertz CT molecular complexity index is 683. The summed E-state index contributed by atoms with van der Waals surface area (Å²) in [5, 5.41) is 24.4. The van der Waals surface area contributed by atoms with Gasteiger partial charge >= 0.3 is 5.97 Å². The molecule has 14 nitrogen and oxygen atoms in total. The Hall–Kier alpha value is -3.26. The van der Waals surface area contributed by atoms with Gasteiger partial charge in [-0.1, -0.05) is 13.8 Å². The van der Waals surface area contributed by atoms with Gasteiger partial charge in [-0.25, -0.2) is 4.79 Å². The van der Waals surface area contributed by atoms with Gasteiger partial charge in [0.1, 0.15) is 18.1 Å². The molecule has 0 saturated heterocycles. The Kier molecular flexibility index (Phi) is 11.0. The third-order valence-electron chi connectivity index (χ3n) is 3.84. The van der Waals surface area contributed by atoms with E-state index in [9.17, 15) is 28.8 Å². The van der Waals surface area contributed by atoms with Gasteiger partial charge in [0, 0.05) is 0 Å². The highest BCUT2D eigenvalue weighted by Crippen LogP contribution is 2.05. The number of carbonyl (C=O) groups is 6. The van der Waals surface area contributed by atoms with E-state index >= 15 is 0 Å². The van der Waals surface area contributed by atoms with Gasteiger partial charge < -0.3 is 43.4 Å². The first-order valence-corrected chi connectivity index (χ1v) is 8.87. The molecular formula is C16H28N6O8. The van der Waals surface area contributed by atoms with E-state index < -0.39 is 85.0 Å². The molecule has 0 aromatic rings. The van der Waals surface area contributed by atoms with Crippen LogP contribution >= 0.6 is 0 Å². The molecule has 170 valence electrons. The lowest BCUT2D eigenvalue weighted by atomic mass is 10.0. The van der Waals surface area contributed by atoms with E-state index in [1.165, 1.54) is 0 Å². The van der Waals surface area contributed by atoms with Crippen LogP contribution in [0.1, 0.15) is 26.7 Å². The number of carbonyl (C=O) groups excluding carboxylic acids is 5. The van der Waals surface area contributed by atoms with Gasteiger partial charge in [-0.2, -0.15) is 0 Å². The third kappa shape index (κ3) is 9.29. The monoisotopic (exact) mass is 432 g/mol. The largest absolute Gasteiger partial charge is 0.480 e. The minimum Gasteiger partial charge on any atom is -0.480 e. The molecule has 0 fully saturated rings. The van der Waals surface area contributed by atoms with E-state index in [1.807, 2.05) is 5.32 Å². The fourth-order valence-electron chi connectivity index (χ4n) is 2.23. The van der Waals surface area contributed by atoms with E-state index in [0.717, 1.165) is 0 Å². The predicted octanol–water partition coefficient (Wildman–Crippen LogP) is -4.75. The standard InChI is InChI=1S/C16H28N6O8/c1-6(2)12(22-13(26)7(17)3-10(18)24)15(28)20-8(4-11(19)25)14(27)21-9(5-23)16(29)30/h6-9,12,23H,3-5,17H2,1-2H3,(H2,18,24)(H2,19,25)(H,20,28)(H,21,27)(H,22,26)(H,29,30). The van der Waals surface area contributed by atoms with Gasteiger partial charge in [-0.05, 0) is 5.92 Å². The van der Waals surface area contributed by atoms with Crippen LogP contribution in [0.15, 0.2) is 0 Å². The molecular weight excluding hydrogens is 404 g/mol. The second-order valence-corrected chi connectivity index (χ2v) is 6.82. The molecule has 0 saturated carbocycles. The zero-order valence-electron chi connectivity index (χ0n) is 16.6. The first-order valence-electron chi connectivity index (χ1n) is 8.87. The second kappa shape index (κ2) is 12.3. The summed E-state index contributed by atoms with van der Waals surface area (Å²) in [4.78, 5) is 70.0. The van der Waals surface area contributed by atoms with Crippen LogP contribution in [0, 0.1) is 5.92 Å². The molecule has 0 bridgehead atoms. The van der Waals surface area contributed by atoms with Crippen molar-refractivity contribution in [3.63, 3.8) is 0 Å². The summed E-state index contributed by atoms with van der Waals surface area (Å²) >= 11 is 0. The Labute approximate surface area is 171 Å². The maximum absolute atomic E-state index is 12.6. The number of amides is 5. The van der Waals surface area contributed by atoms with Crippen LogP contribution in [-0.4, -0.2) is 76.5 Å². The summed E-state index contributed by atoms with van der Waals surface area (Å²) in [6.45, 7) is 2.21. The summed E-state index contributed by atoms with van der Waals surface area (Å²) in [6, 6.07) is -5.76. The van der Waals surface area contributed by atoms with Crippen LogP contribution in [0.2, 0.25) is 0 Å². The SMILES string of the molecule is CC(C)C(NC(=O)C(N)CC(N)=O)C(=O)NC(CC(N)=O)C(=O)NC(CO)C(=O)O. The van der Waals surface area contributed by atoms with Gasteiger partial charge in [0.25, 0.3) is 0 Å². The molecule has 0 aliphatic heterocycles. The van der Waals surface area contributed by atoms with Gasteiger partial charge in [0.05, 0.1) is 25.5 Å². The number of primary amides is 2. The minimum absolute atomic E-state index is 0.456. The molecule has 0 radical (unpaired) electrons. The molecule has 0 aliphatic carbocycles. The Morgan fingerprint density at radius 1 is 0.800 bits per heavy atom. The van der Waals surface area contributed by atoms with Crippen LogP contribution in [0.25, 0.3) is 0 Å². The van der Waals surface area contributed by atoms with Crippen molar-refractivity contribution in [3.8, 4) is 0 Å². The van der Waals surface area contributed by atoms with Gasteiger partial charge in [0.15, 0.2) is 0 Å². The van der Waals surface area contributed by atoms with Crippen LogP contribution in [0.3, 0.4) is 0 Å². The van der Waals surface area contributed by atoms with Crippen LogP contribution in [0.5, 0.6) is 0 Å². The molecule has 0 spiro atoms. The number of nitrogens with two attached hydrogens (primary N) is 3. The number of hydrogen-bond donors (Lipinski definition) is 8. The van der Waals surface area contributed by atoms with Gasteiger partial charge in [-0.15, -0.1) is 0 Å². The Morgan fingerprint density at radius 3 is 1.70 bits per heavy atom. The maximum Gasteiger partial charge on any atom is 0.328 e. The predicted molar refractivity (Wildman–Crippen MR) is 101 cm³/mol. The lowest BCUT2D eigenvalue weighted by molar-refractivity contribution is -0.143. The van der Waals surface area contributed by atoms with E-state index in [0.29, 0.717) is 0 Å². The number of hydrogen-bond acceptors (Lipinski definition) is 8. The highest BCUT2D eigenvalue weighted by molar-refractivity contribution is 5.96. The fraction of sp³-hybridized carbons (Fsp3) is 0.625. The molecule has 0 aromatic heterocycles. The van der Waals surface area contributed by atoms with Crippen molar-refractivity contribution < 1.29 is 39.0 Å². The number of carboxylic acids is 1. The first-order chi connectivity index (χ1) is 13.8. The molecule has 14 heteroatoms. The summed E-state index contributed by atoms with van der Waals surface area (Å²) in [5.74, 6) is -6.64. The zero-order valence-corrected chi connectivity index (χ0v) is 16.6. The van der Waals surface area contributed by atoms with E-state index in [4.69, 9.17) is 27.4 Å². The number of nitrogens with one attached hydrogen (secondary N) is 3. The van der Waals surface area contributed by atoms with Crippen molar-refractivity contribution in [2.45, 2.75) is 50.9 Å². The summed E-state index contributed by atoms with van der Waals surface area (Å²) in [7, 11) is 0. The molecule has 0 rings (SSSR count). The van der Waals surface area contributed by atoms with Crippen molar-refractivity contribution in [1.82, 2.24) is 16.0 Å². The van der Waals surface area contributed by atoms with Crippen molar-refractivity contribution >= 4 is 35.5 Å². The van der Waals surface area contributed by atoms with E-state index in [2.05, 4.69) is 10.6 Å². The van der Waals surface area contributed by atoms with Crippen molar-refractivity contribution in [2.75, 3.05) is 6.61 Å². The van der Waals surface area contributed by atoms with Crippen LogP contribution in [-0.2, 0) is 28.8 Å². The third-order valence-corrected chi connectivity index (χ3v) is 3.84. The van der Waals surface area contributed by atoms with Crippen molar-refractivity contribution in [1.29, 1.82) is 0 Å². The summed E-state index contributed by atoms with van der Waals surface area (Å²) in [6.07, 6.45) is -1.13. The molecule has 11 N–H and O–H groups in total. The number of rotatable bonds is 13. The average Bonchev–Trinajstić information content (AvgIpc) is 2.61. The molecule has 0 aliphatic rings. The second-order valence-electron chi connectivity index (χ2n) is 6.82. The highest BCUT2D eigenvalue weighted by Gasteiger charge is 2.32. The number of aliphatic hydroxyl groups excluding tert-OH is 1. The Morgan fingerprint density at radius 2 is 1.30 bits per heavy atom. The summed E-state index contributed by atoms with van der Waals surface area (Å²) in [5.41, 5.74) is 15.6.